The normalized spacial score (nSPS) is 10.1. The molecular weight excluding hydrogens is 230 g/mol. The van der Waals surface area contributed by atoms with E-state index in [0.717, 1.165) is 24.3 Å². The highest BCUT2D eigenvalue weighted by Gasteiger charge is 2.02. The van der Waals surface area contributed by atoms with Gasteiger partial charge in [-0.2, -0.15) is 0 Å². The average molecular weight is 251 g/mol. The van der Waals surface area contributed by atoms with Crippen LogP contribution in [0.25, 0.3) is 0 Å². The summed E-state index contributed by atoms with van der Waals surface area (Å²) in [6.45, 7) is 4.04. The van der Waals surface area contributed by atoms with Gasteiger partial charge in [-0.3, -0.25) is 4.79 Å². The van der Waals surface area contributed by atoms with E-state index >= 15 is 0 Å². The molecule has 18 heavy (non-hydrogen) atoms. The monoisotopic (exact) mass is 251 g/mol. The first-order valence-electron chi connectivity index (χ1n) is 6.23. The largest absolute Gasteiger partial charge is 0.497 e. The van der Waals surface area contributed by atoms with E-state index < -0.39 is 0 Å². The predicted octanol–water partition coefficient (Wildman–Crippen LogP) is 1.78. The average Bonchev–Trinajstić information content (AvgIpc) is 2.39. The lowest BCUT2D eigenvalue weighted by Gasteiger charge is -2.06. The lowest BCUT2D eigenvalue weighted by molar-refractivity contribution is -0.120. The summed E-state index contributed by atoms with van der Waals surface area (Å²) in [4.78, 5) is 11.6. The highest BCUT2D eigenvalue weighted by atomic mass is 16.5. The third kappa shape index (κ3) is 5.68. The third-order valence-electron chi connectivity index (χ3n) is 2.52. The first kappa shape index (κ1) is 14.5. The SMILES string of the molecule is CCOCCCNC(=O)Cc1ccc(OC)cc1. The molecule has 0 atom stereocenters. The zero-order valence-electron chi connectivity index (χ0n) is 11.1. The summed E-state index contributed by atoms with van der Waals surface area (Å²) < 4.78 is 10.3. The minimum Gasteiger partial charge on any atom is -0.497 e. The van der Waals surface area contributed by atoms with Gasteiger partial charge in [0.15, 0.2) is 0 Å². The van der Waals surface area contributed by atoms with Gasteiger partial charge >= 0.3 is 0 Å². The molecule has 0 fully saturated rings. The van der Waals surface area contributed by atoms with E-state index in [-0.39, 0.29) is 5.91 Å². The van der Waals surface area contributed by atoms with E-state index in [9.17, 15) is 4.79 Å². The maximum absolute atomic E-state index is 11.6. The molecule has 0 heterocycles. The van der Waals surface area contributed by atoms with Crippen LogP contribution in [0, 0.1) is 0 Å². The van der Waals surface area contributed by atoms with Crippen LogP contribution < -0.4 is 10.1 Å². The summed E-state index contributed by atoms with van der Waals surface area (Å²) in [5.74, 6) is 0.840. The summed E-state index contributed by atoms with van der Waals surface area (Å²) in [6.07, 6.45) is 1.25. The van der Waals surface area contributed by atoms with Gasteiger partial charge in [-0.25, -0.2) is 0 Å². The first-order valence-corrected chi connectivity index (χ1v) is 6.23. The van der Waals surface area contributed by atoms with Crippen molar-refractivity contribution in [1.29, 1.82) is 0 Å². The van der Waals surface area contributed by atoms with Crippen LogP contribution in [0.2, 0.25) is 0 Å². The van der Waals surface area contributed by atoms with Crippen molar-refractivity contribution in [2.75, 3.05) is 26.9 Å². The van der Waals surface area contributed by atoms with Gasteiger partial charge in [0.1, 0.15) is 5.75 Å². The van der Waals surface area contributed by atoms with Crippen molar-refractivity contribution in [3.05, 3.63) is 29.8 Å². The van der Waals surface area contributed by atoms with Crippen molar-refractivity contribution in [2.45, 2.75) is 19.8 Å². The standard InChI is InChI=1S/C14H21NO3/c1-3-18-10-4-9-15-14(16)11-12-5-7-13(17-2)8-6-12/h5-8H,3-4,9-11H2,1-2H3,(H,15,16). The van der Waals surface area contributed by atoms with Gasteiger partial charge < -0.3 is 14.8 Å². The number of hydrogen-bond donors (Lipinski definition) is 1. The first-order chi connectivity index (χ1) is 8.76. The zero-order valence-corrected chi connectivity index (χ0v) is 11.1. The second kappa shape index (κ2) is 8.53. The summed E-state index contributed by atoms with van der Waals surface area (Å²) in [7, 11) is 1.63. The van der Waals surface area contributed by atoms with Crippen molar-refractivity contribution in [3.63, 3.8) is 0 Å². The minimum atomic E-state index is 0.0386. The molecule has 0 radical (unpaired) electrons. The smallest absolute Gasteiger partial charge is 0.224 e. The second-order valence-corrected chi connectivity index (χ2v) is 3.93. The molecule has 100 valence electrons. The van der Waals surface area contributed by atoms with Crippen LogP contribution in [0.15, 0.2) is 24.3 Å². The Bertz CT molecular complexity index is 349. The van der Waals surface area contributed by atoms with E-state index in [4.69, 9.17) is 9.47 Å². The Morgan fingerprint density at radius 1 is 1.28 bits per heavy atom. The Labute approximate surface area is 108 Å². The van der Waals surface area contributed by atoms with Gasteiger partial charge in [0, 0.05) is 19.8 Å². The van der Waals surface area contributed by atoms with Crippen LogP contribution in [0.3, 0.4) is 0 Å². The molecule has 1 rings (SSSR count). The fraction of sp³-hybridized carbons (Fsp3) is 0.500. The van der Waals surface area contributed by atoms with Gasteiger partial charge in [-0.15, -0.1) is 0 Å². The Morgan fingerprint density at radius 3 is 2.61 bits per heavy atom. The number of carbonyl (C=O) groups excluding carboxylic acids is 1. The molecule has 0 aromatic heterocycles. The Hall–Kier alpha value is -1.55. The second-order valence-electron chi connectivity index (χ2n) is 3.93. The van der Waals surface area contributed by atoms with Crippen molar-refractivity contribution < 1.29 is 14.3 Å². The number of benzene rings is 1. The lowest BCUT2D eigenvalue weighted by atomic mass is 10.1. The molecule has 0 aliphatic rings. The van der Waals surface area contributed by atoms with E-state index in [1.165, 1.54) is 0 Å². The number of ether oxygens (including phenoxy) is 2. The molecule has 4 nitrogen and oxygen atoms in total. The van der Waals surface area contributed by atoms with Crippen LogP contribution >= 0.6 is 0 Å². The Kier molecular flexibility index (Phi) is 6.87. The van der Waals surface area contributed by atoms with Crippen molar-refractivity contribution >= 4 is 5.91 Å². The molecule has 1 aromatic rings. The van der Waals surface area contributed by atoms with E-state index in [1.54, 1.807) is 7.11 Å². The van der Waals surface area contributed by atoms with E-state index in [2.05, 4.69) is 5.32 Å². The number of nitrogens with one attached hydrogen (secondary N) is 1. The summed E-state index contributed by atoms with van der Waals surface area (Å²) in [5, 5.41) is 2.87. The van der Waals surface area contributed by atoms with Crippen molar-refractivity contribution in [2.24, 2.45) is 0 Å². The molecule has 0 aliphatic heterocycles. The van der Waals surface area contributed by atoms with Crippen LogP contribution in [-0.2, 0) is 16.0 Å². The van der Waals surface area contributed by atoms with Gasteiger partial charge in [0.05, 0.1) is 13.5 Å². The number of methoxy groups -OCH3 is 1. The molecule has 1 amide bonds. The number of hydrogen-bond acceptors (Lipinski definition) is 3. The molecule has 1 aromatic carbocycles. The summed E-state index contributed by atoms with van der Waals surface area (Å²) >= 11 is 0. The van der Waals surface area contributed by atoms with Gasteiger partial charge in [0.2, 0.25) is 5.91 Å². The maximum Gasteiger partial charge on any atom is 0.224 e. The highest BCUT2D eigenvalue weighted by molar-refractivity contribution is 5.78. The number of carbonyl (C=O) groups is 1. The number of amides is 1. The van der Waals surface area contributed by atoms with Crippen molar-refractivity contribution in [3.8, 4) is 5.75 Å². The van der Waals surface area contributed by atoms with Crippen LogP contribution in [0.4, 0.5) is 0 Å². The van der Waals surface area contributed by atoms with Crippen LogP contribution in [-0.4, -0.2) is 32.8 Å². The molecule has 1 N–H and O–H groups in total. The zero-order chi connectivity index (χ0) is 13.2. The van der Waals surface area contributed by atoms with Crippen molar-refractivity contribution in [1.82, 2.24) is 5.32 Å². The van der Waals surface area contributed by atoms with Gasteiger partial charge in [-0.05, 0) is 31.0 Å². The molecule has 0 spiro atoms. The minimum absolute atomic E-state index is 0.0386. The summed E-state index contributed by atoms with van der Waals surface area (Å²) in [6, 6.07) is 7.52. The van der Waals surface area contributed by atoms with Crippen LogP contribution in [0.5, 0.6) is 5.75 Å². The predicted molar refractivity (Wildman–Crippen MR) is 70.8 cm³/mol. The lowest BCUT2D eigenvalue weighted by Crippen LogP contribution is -2.26. The Morgan fingerprint density at radius 2 is 2.00 bits per heavy atom. The fourth-order valence-electron chi connectivity index (χ4n) is 1.54. The molecule has 0 saturated heterocycles. The van der Waals surface area contributed by atoms with E-state index in [0.29, 0.717) is 19.6 Å². The molecule has 0 bridgehead atoms. The van der Waals surface area contributed by atoms with Gasteiger partial charge in [0.25, 0.3) is 0 Å². The molecule has 4 heteroatoms. The molecule has 0 aliphatic carbocycles. The van der Waals surface area contributed by atoms with Crippen LogP contribution in [0.1, 0.15) is 18.9 Å². The van der Waals surface area contributed by atoms with Gasteiger partial charge in [-0.1, -0.05) is 12.1 Å². The number of rotatable bonds is 8. The summed E-state index contributed by atoms with van der Waals surface area (Å²) in [5.41, 5.74) is 0.984. The topological polar surface area (TPSA) is 47.6 Å². The molecule has 0 saturated carbocycles. The Balaban J connectivity index is 2.22. The maximum atomic E-state index is 11.6. The van der Waals surface area contributed by atoms with E-state index in [1.807, 2.05) is 31.2 Å². The highest BCUT2D eigenvalue weighted by Crippen LogP contribution is 2.11. The molecular formula is C14H21NO3. The quantitative estimate of drug-likeness (QED) is 0.716. The molecule has 0 unspecified atom stereocenters. The fourth-order valence-corrected chi connectivity index (χ4v) is 1.54. The third-order valence-corrected chi connectivity index (χ3v) is 2.52.